The number of carboxylic acids is 1. The SMILES string of the molecule is C/C(=C\c1cnnn1C)C(=O)O. The van der Waals surface area contributed by atoms with Gasteiger partial charge < -0.3 is 5.11 Å². The summed E-state index contributed by atoms with van der Waals surface area (Å²) in [6.07, 6.45) is 3.02. The number of hydrogen-bond acceptors (Lipinski definition) is 3. The topological polar surface area (TPSA) is 68.0 Å². The van der Waals surface area contributed by atoms with Crippen molar-refractivity contribution < 1.29 is 9.90 Å². The Bertz CT molecular complexity index is 327. The van der Waals surface area contributed by atoms with Gasteiger partial charge in [-0.1, -0.05) is 5.21 Å². The molecule has 0 aliphatic rings. The van der Waals surface area contributed by atoms with Gasteiger partial charge in [0.25, 0.3) is 0 Å². The highest BCUT2D eigenvalue weighted by atomic mass is 16.4. The molecule has 0 amide bonds. The molecule has 1 aromatic rings. The molecule has 0 aliphatic heterocycles. The van der Waals surface area contributed by atoms with Gasteiger partial charge in [-0.2, -0.15) is 0 Å². The van der Waals surface area contributed by atoms with Crippen molar-refractivity contribution in [3.63, 3.8) is 0 Å². The molecule has 0 fully saturated rings. The molecule has 0 bridgehead atoms. The third-order valence-corrected chi connectivity index (χ3v) is 1.45. The number of hydrogen-bond donors (Lipinski definition) is 1. The van der Waals surface area contributed by atoms with Crippen molar-refractivity contribution in [2.45, 2.75) is 6.92 Å². The van der Waals surface area contributed by atoms with E-state index in [0.29, 0.717) is 5.69 Å². The molecule has 1 heterocycles. The largest absolute Gasteiger partial charge is 0.478 e. The second kappa shape index (κ2) is 3.17. The number of aromatic nitrogens is 3. The fourth-order valence-electron chi connectivity index (χ4n) is 0.712. The van der Waals surface area contributed by atoms with E-state index in [9.17, 15) is 4.79 Å². The molecular formula is C7H9N3O2. The van der Waals surface area contributed by atoms with E-state index in [1.165, 1.54) is 23.9 Å². The monoisotopic (exact) mass is 167 g/mol. The molecule has 5 nitrogen and oxygen atoms in total. The summed E-state index contributed by atoms with van der Waals surface area (Å²) in [5, 5.41) is 15.8. The van der Waals surface area contributed by atoms with Crippen molar-refractivity contribution in [1.29, 1.82) is 0 Å². The number of carboxylic acid groups (broad SMARTS) is 1. The molecular weight excluding hydrogens is 158 g/mol. The zero-order valence-corrected chi connectivity index (χ0v) is 6.85. The Labute approximate surface area is 69.3 Å². The minimum atomic E-state index is -0.934. The zero-order valence-electron chi connectivity index (χ0n) is 6.85. The fourth-order valence-corrected chi connectivity index (χ4v) is 0.712. The van der Waals surface area contributed by atoms with Gasteiger partial charge in [0.1, 0.15) is 0 Å². The van der Waals surface area contributed by atoms with E-state index >= 15 is 0 Å². The van der Waals surface area contributed by atoms with Crippen LogP contribution < -0.4 is 0 Å². The molecule has 1 rings (SSSR count). The van der Waals surface area contributed by atoms with Crippen molar-refractivity contribution in [3.05, 3.63) is 17.5 Å². The van der Waals surface area contributed by atoms with E-state index in [4.69, 9.17) is 5.11 Å². The van der Waals surface area contributed by atoms with Crippen LogP contribution in [0, 0.1) is 0 Å². The lowest BCUT2D eigenvalue weighted by Gasteiger charge is -1.93. The molecule has 64 valence electrons. The molecule has 0 atom stereocenters. The first kappa shape index (κ1) is 8.45. The fraction of sp³-hybridized carbons (Fsp3) is 0.286. The van der Waals surface area contributed by atoms with Gasteiger partial charge in [0.05, 0.1) is 11.9 Å². The van der Waals surface area contributed by atoms with Gasteiger partial charge >= 0.3 is 5.97 Å². The molecule has 0 radical (unpaired) electrons. The predicted octanol–water partition coefficient (Wildman–Crippen LogP) is 0.303. The Hall–Kier alpha value is -1.65. The number of nitrogens with zero attached hydrogens (tertiary/aromatic N) is 3. The average molecular weight is 167 g/mol. The maximum atomic E-state index is 10.4. The molecule has 1 aromatic heterocycles. The Morgan fingerprint density at radius 2 is 2.42 bits per heavy atom. The highest BCUT2D eigenvalue weighted by molar-refractivity contribution is 5.91. The summed E-state index contributed by atoms with van der Waals surface area (Å²) in [6, 6.07) is 0. The van der Waals surface area contributed by atoms with Crippen molar-refractivity contribution in [1.82, 2.24) is 15.0 Å². The Morgan fingerprint density at radius 1 is 1.75 bits per heavy atom. The van der Waals surface area contributed by atoms with Gasteiger partial charge in [0, 0.05) is 12.6 Å². The summed E-state index contributed by atoms with van der Waals surface area (Å²) >= 11 is 0. The van der Waals surface area contributed by atoms with Gasteiger partial charge in [-0.15, -0.1) is 5.10 Å². The summed E-state index contributed by atoms with van der Waals surface area (Å²) in [7, 11) is 1.70. The minimum Gasteiger partial charge on any atom is -0.478 e. The van der Waals surface area contributed by atoms with Gasteiger partial charge in [0.15, 0.2) is 0 Å². The van der Waals surface area contributed by atoms with E-state index in [1.807, 2.05) is 0 Å². The first-order chi connectivity index (χ1) is 5.61. The summed E-state index contributed by atoms with van der Waals surface area (Å²) in [5.41, 5.74) is 0.940. The van der Waals surface area contributed by atoms with Crippen molar-refractivity contribution >= 4 is 12.0 Å². The van der Waals surface area contributed by atoms with Gasteiger partial charge in [0.2, 0.25) is 0 Å². The lowest BCUT2D eigenvalue weighted by atomic mass is 10.2. The summed E-state index contributed by atoms with van der Waals surface area (Å²) in [5.74, 6) is -0.934. The van der Waals surface area contributed by atoms with Crippen molar-refractivity contribution in [2.75, 3.05) is 0 Å². The molecule has 12 heavy (non-hydrogen) atoms. The van der Waals surface area contributed by atoms with E-state index < -0.39 is 5.97 Å². The van der Waals surface area contributed by atoms with Crippen LogP contribution in [0.1, 0.15) is 12.6 Å². The Morgan fingerprint density at radius 3 is 2.83 bits per heavy atom. The second-order valence-electron chi connectivity index (χ2n) is 2.41. The summed E-state index contributed by atoms with van der Waals surface area (Å²) < 4.78 is 1.51. The Kier molecular flexibility index (Phi) is 2.23. The van der Waals surface area contributed by atoms with Crippen LogP contribution in [0.15, 0.2) is 11.8 Å². The van der Waals surface area contributed by atoms with Gasteiger partial charge in [-0.3, -0.25) is 0 Å². The maximum absolute atomic E-state index is 10.4. The first-order valence-electron chi connectivity index (χ1n) is 3.37. The van der Waals surface area contributed by atoms with E-state index in [-0.39, 0.29) is 5.57 Å². The highest BCUT2D eigenvalue weighted by Crippen LogP contribution is 2.02. The molecule has 0 unspecified atom stereocenters. The maximum Gasteiger partial charge on any atom is 0.331 e. The van der Waals surface area contributed by atoms with E-state index in [2.05, 4.69) is 10.3 Å². The van der Waals surface area contributed by atoms with Gasteiger partial charge in [-0.25, -0.2) is 9.48 Å². The van der Waals surface area contributed by atoms with Crippen molar-refractivity contribution in [3.8, 4) is 0 Å². The van der Waals surface area contributed by atoms with Crippen LogP contribution in [0.4, 0.5) is 0 Å². The molecule has 0 saturated carbocycles. The zero-order chi connectivity index (χ0) is 9.14. The summed E-state index contributed by atoms with van der Waals surface area (Å²) in [6.45, 7) is 1.52. The number of carbonyl (C=O) groups is 1. The van der Waals surface area contributed by atoms with Crippen molar-refractivity contribution in [2.24, 2.45) is 7.05 Å². The predicted molar refractivity (Wildman–Crippen MR) is 42.3 cm³/mol. The quantitative estimate of drug-likeness (QED) is 0.643. The first-order valence-corrected chi connectivity index (χ1v) is 3.37. The lowest BCUT2D eigenvalue weighted by molar-refractivity contribution is -0.132. The summed E-state index contributed by atoms with van der Waals surface area (Å²) in [4.78, 5) is 10.4. The highest BCUT2D eigenvalue weighted by Gasteiger charge is 2.01. The lowest BCUT2D eigenvalue weighted by Crippen LogP contribution is -1.98. The Balaban J connectivity index is 2.95. The normalized spacial score (nSPS) is 11.7. The number of rotatable bonds is 2. The van der Waals surface area contributed by atoms with Crippen LogP contribution in [0.25, 0.3) is 6.08 Å². The average Bonchev–Trinajstić information content (AvgIpc) is 2.36. The molecule has 0 aromatic carbocycles. The minimum absolute atomic E-state index is 0.264. The van der Waals surface area contributed by atoms with Crippen LogP contribution in [0.2, 0.25) is 0 Å². The second-order valence-corrected chi connectivity index (χ2v) is 2.41. The van der Waals surface area contributed by atoms with Crippen LogP contribution >= 0.6 is 0 Å². The van der Waals surface area contributed by atoms with E-state index in [1.54, 1.807) is 7.05 Å². The van der Waals surface area contributed by atoms with Crippen LogP contribution in [-0.2, 0) is 11.8 Å². The smallest absolute Gasteiger partial charge is 0.331 e. The molecule has 1 N–H and O–H groups in total. The molecule has 0 spiro atoms. The van der Waals surface area contributed by atoms with Crippen LogP contribution in [0.5, 0.6) is 0 Å². The third-order valence-electron chi connectivity index (χ3n) is 1.45. The van der Waals surface area contributed by atoms with Crippen LogP contribution in [0.3, 0.4) is 0 Å². The molecule has 0 aliphatic carbocycles. The molecule has 5 heteroatoms. The van der Waals surface area contributed by atoms with Gasteiger partial charge in [-0.05, 0) is 13.0 Å². The third kappa shape index (κ3) is 1.69. The number of aliphatic carboxylic acids is 1. The standard InChI is InChI=1S/C7H9N3O2/c1-5(7(11)12)3-6-4-8-9-10(6)2/h3-4H,1-2H3,(H,11,12)/b5-3+. The number of aryl methyl sites for hydroxylation is 1. The van der Waals surface area contributed by atoms with E-state index in [0.717, 1.165) is 0 Å². The molecule has 0 saturated heterocycles. The van der Waals surface area contributed by atoms with Crippen LogP contribution in [-0.4, -0.2) is 26.1 Å².